The van der Waals surface area contributed by atoms with Crippen molar-refractivity contribution in [3.8, 4) is 11.3 Å². The molecule has 1 unspecified atom stereocenters. The summed E-state index contributed by atoms with van der Waals surface area (Å²) in [6.07, 6.45) is 0.000515. The van der Waals surface area contributed by atoms with E-state index in [2.05, 4.69) is 10.3 Å². The van der Waals surface area contributed by atoms with Gasteiger partial charge in [0, 0.05) is 38.4 Å². The fraction of sp³-hybridized carbons (Fsp3) is 0.391. The van der Waals surface area contributed by atoms with Gasteiger partial charge in [-0.05, 0) is 43.7 Å². The Balaban J connectivity index is 1.71. The van der Waals surface area contributed by atoms with Gasteiger partial charge in [-0.2, -0.15) is 0 Å². The topological polar surface area (TPSA) is 138 Å². The molecular weight excluding hydrogens is 430 g/mol. The summed E-state index contributed by atoms with van der Waals surface area (Å²) >= 11 is 0. The van der Waals surface area contributed by atoms with Crippen LogP contribution in [0, 0.1) is 0 Å². The van der Waals surface area contributed by atoms with Crippen molar-refractivity contribution in [2.75, 3.05) is 19.0 Å². The molecule has 1 aromatic heterocycles. The molecule has 0 bridgehead atoms. The van der Waals surface area contributed by atoms with E-state index in [4.69, 9.17) is 14.6 Å². The molecule has 1 aliphatic heterocycles. The second-order valence-electron chi connectivity index (χ2n) is 8.25. The predicted octanol–water partition coefficient (Wildman–Crippen LogP) is 2.07. The molecule has 1 fully saturated rings. The molecule has 1 aliphatic rings. The molecule has 10 nitrogen and oxygen atoms in total. The van der Waals surface area contributed by atoms with E-state index in [1.807, 2.05) is 0 Å². The number of carbonyl (C=O) groups excluding carboxylic acids is 2. The molecule has 2 heterocycles. The maximum Gasteiger partial charge on any atom is 0.341 e. The minimum Gasteiger partial charge on any atom is -0.477 e. The lowest BCUT2D eigenvalue weighted by Crippen LogP contribution is -2.42. The highest BCUT2D eigenvalue weighted by Gasteiger charge is 2.41. The second-order valence-corrected chi connectivity index (χ2v) is 8.25. The van der Waals surface area contributed by atoms with Gasteiger partial charge >= 0.3 is 5.97 Å². The number of carbonyl (C=O) groups is 3. The van der Waals surface area contributed by atoms with E-state index < -0.39 is 23.4 Å². The van der Waals surface area contributed by atoms with Crippen molar-refractivity contribution in [1.82, 2.24) is 9.88 Å². The smallest absolute Gasteiger partial charge is 0.341 e. The van der Waals surface area contributed by atoms with Crippen molar-refractivity contribution in [2.24, 2.45) is 0 Å². The average molecular weight is 457 g/mol. The molecule has 0 spiro atoms. The van der Waals surface area contributed by atoms with E-state index in [9.17, 15) is 19.2 Å². The number of aromatic nitrogens is 1. The molecule has 176 valence electrons. The number of ether oxygens (including phenoxy) is 2. The fourth-order valence-corrected chi connectivity index (χ4v) is 3.70. The molecule has 3 N–H and O–H groups in total. The average Bonchev–Trinajstić information content (AvgIpc) is 3.17. The third kappa shape index (κ3) is 5.65. The highest BCUT2D eigenvalue weighted by Crippen LogP contribution is 2.26. The van der Waals surface area contributed by atoms with Gasteiger partial charge in [0.2, 0.25) is 11.8 Å². The van der Waals surface area contributed by atoms with Crippen LogP contribution in [0.15, 0.2) is 41.2 Å². The number of anilines is 1. The Labute approximate surface area is 190 Å². The number of benzene rings is 1. The van der Waals surface area contributed by atoms with Gasteiger partial charge in [0.25, 0.3) is 5.56 Å². The maximum absolute atomic E-state index is 12.9. The number of carboxylic acid groups (broad SMARTS) is 1. The number of likely N-dealkylation sites (tertiary alicyclic amines) is 1. The Hall–Kier alpha value is -3.50. The van der Waals surface area contributed by atoms with Gasteiger partial charge in [0.15, 0.2) is 5.79 Å². The van der Waals surface area contributed by atoms with E-state index >= 15 is 0 Å². The Morgan fingerprint density at radius 1 is 1.15 bits per heavy atom. The summed E-state index contributed by atoms with van der Waals surface area (Å²) in [5.74, 6) is -2.69. The van der Waals surface area contributed by atoms with Crippen LogP contribution in [0.2, 0.25) is 0 Å². The number of rotatable bonds is 7. The number of hydrogen-bond acceptors (Lipinski definition) is 6. The predicted molar refractivity (Wildman–Crippen MR) is 120 cm³/mol. The van der Waals surface area contributed by atoms with Gasteiger partial charge in [-0.1, -0.05) is 12.1 Å². The Morgan fingerprint density at radius 2 is 1.82 bits per heavy atom. The maximum atomic E-state index is 12.9. The summed E-state index contributed by atoms with van der Waals surface area (Å²) in [5, 5.41) is 11.8. The van der Waals surface area contributed by atoms with Crippen LogP contribution >= 0.6 is 0 Å². The molecule has 1 aromatic carbocycles. The third-order valence-corrected chi connectivity index (χ3v) is 5.52. The zero-order chi connectivity index (χ0) is 24.3. The van der Waals surface area contributed by atoms with Crippen molar-refractivity contribution in [3.05, 3.63) is 52.3 Å². The van der Waals surface area contributed by atoms with Gasteiger partial charge in [-0.15, -0.1) is 0 Å². The first-order valence-electron chi connectivity index (χ1n) is 10.4. The van der Waals surface area contributed by atoms with Crippen LogP contribution in [0.3, 0.4) is 0 Å². The molecule has 33 heavy (non-hydrogen) atoms. The van der Waals surface area contributed by atoms with Crippen molar-refractivity contribution in [3.63, 3.8) is 0 Å². The monoisotopic (exact) mass is 457 g/mol. The minimum atomic E-state index is -1.30. The Morgan fingerprint density at radius 3 is 2.36 bits per heavy atom. The van der Waals surface area contributed by atoms with Gasteiger partial charge in [0.05, 0.1) is 6.10 Å². The van der Waals surface area contributed by atoms with Crippen LogP contribution in [0.5, 0.6) is 0 Å². The molecule has 0 aliphatic carbocycles. The fourth-order valence-electron chi connectivity index (χ4n) is 3.70. The summed E-state index contributed by atoms with van der Waals surface area (Å²) in [4.78, 5) is 51.9. The van der Waals surface area contributed by atoms with E-state index in [1.165, 1.54) is 31.1 Å². The SMILES string of the molecule is COC(C)(C)OC1C[C@@H](C(=O)Nc2ccc(-c3ccc(C(=O)O)c(=O)[nH]3)cc2)N(C(C)=O)C1. The Bertz CT molecular complexity index is 1110. The van der Waals surface area contributed by atoms with Gasteiger partial charge < -0.3 is 29.8 Å². The number of amides is 2. The number of aromatic carboxylic acids is 1. The summed E-state index contributed by atoms with van der Waals surface area (Å²) in [7, 11) is 1.53. The highest BCUT2D eigenvalue weighted by atomic mass is 16.7. The first kappa shape index (κ1) is 24.1. The lowest BCUT2D eigenvalue weighted by molar-refractivity contribution is -0.220. The quantitative estimate of drug-likeness (QED) is 0.541. The number of carboxylic acids is 1. The molecule has 10 heteroatoms. The minimum absolute atomic E-state index is 0.222. The van der Waals surface area contributed by atoms with Crippen molar-refractivity contribution in [2.45, 2.75) is 45.1 Å². The Kier molecular flexibility index (Phi) is 6.99. The molecule has 0 saturated carbocycles. The molecule has 3 rings (SSSR count). The van der Waals surface area contributed by atoms with Crippen molar-refractivity contribution < 1.29 is 29.0 Å². The third-order valence-electron chi connectivity index (χ3n) is 5.52. The van der Waals surface area contributed by atoms with Crippen LogP contribution in [-0.4, -0.2) is 64.4 Å². The summed E-state index contributed by atoms with van der Waals surface area (Å²) in [5.41, 5.74) is 0.561. The first-order chi connectivity index (χ1) is 15.5. The van der Waals surface area contributed by atoms with Gasteiger partial charge in [-0.3, -0.25) is 14.4 Å². The summed E-state index contributed by atoms with van der Waals surface area (Å²) in [6, 6.07) is 8.75. The standard InChI is InChI=1S/C23H27N3O7/c1-13(27)26-12-16(33-23(2,3)32-4)11-19(26)21(29)24-15-7-5-14(6-8-15)18-10-9-17(22(30)31)20(28)25-18/h5-10,16,19H,11-12H2,1-4H3,(H,24,29)(H,25,28)(H,30,31)/t16?,19-/m0/s1. The number of methoxy groups -OCH3 is 1. The lowest BCUT2D eigenvalue weighted by Gasteiger charge is -2.27. The summed E-state index contributed by atoms with van der Waals surface area (Å²) < 4.78 is 11.2. The molecular formula is C23H27N3O7. The van der Waals surface area contributed by atoms with E-state index in [0.29, 0.717) is 29.9 Å². The number of hydrogen-bond donors (Lipinski definition) is 3. The molecule has 1 saturated heterocycles. The number of nitrogens with zero attached hydrogens (tertiary/aromatic N) is 1. The summed E-state index contributed by atoms with van der Waals surface area (Å²) in [6.45, 7) is 5.24. The highest BCUT2D eigenvalue weighted by molar-refractivity contribution is 5.97. The van der Waals surface area contributed by atoms with E-state index in [-0.39, 0.29) is 23.5 Å². The lowest BCUT2D eigenvalue weighted by atomic mass is 10.1. The van der Waals surface area contributed by atoms with E-state index in [0.717, 1.165) is 0 Å². The second kappa shape index (κ2) is 9.55. The zero-order valence-corrected chi connectivity index (χ0v) is 18.9. The number of aromatic amines is 1. The van der Waals surface area contributed by atoms with Crippen LogP contribution in [0.1, 0.15) is 37.6 Å². The zero-order valence-electron chi connectivity index (χ0n) is 18.9. The van der Waals surface area contributed by atoms with E-state index in [1.54, 1.807) is 38.1 Å². The van der Waals surface area contributed by atoms with Crippen LogP contribution < -0.4 is 10.9 Å². The largest absolute Gasteiger partial charge is 0.477 e. The van der Waals surface area contributed by atoms with Gasteiger partial charge in [0.1, 0.15) is 11.6 Å². The molecule has 0 radical (unpaired) electrons. The van der Waals surface area contributed by atoms with Crippen LogP contribution in [-0.2, 0) is 19.1 Å². The molecule has 2 atom stereocenters. The van der Waals surface area contributed by atoms with Crippen LogP contribution in [0.4, 0.5) is 5.69 Å². The number of nitrogens with one attached hydrogen (secondary N) is 2. The van der Waals surface area contributed by atoms with Gasteiger partial charge in [-0.25, -0.2) is 4.79 Å². The normalized spacial score (nSPS) is 18.2. The first-order valence-corrected chi connectivity index (χ1v) is 10.4. The number of pyridine rings is 1. The van der Waals surface area contributed by atoms with Crippen molar-refractivity contribution >= 4 is 23.5 Å². The van der Waals surface area contributed by atoms with Crippen molar-refractivity contribution in [1.29, 1.82) is 0 Å². The molecule has 2 amide bonds. The number of H-pyrrole nitrogens is 1. The molecule has 2 aromatic rings. The van der Waals surface area contributed by atoms with Crippen LogP contribution in [0.25, 0.3) is 11.3 Å².